The molecule has 2 aromatic heterocycles. The third-order valence-corrected chi connectivity index (χ3v) is 4.37. The maximum Gasteiger partial charge on any atom is 0.134 e. The van der Waals surface area contributed by atoms with Crippen molar-refractivity contribution >= 4 is 46.0 Å². The van der Waals surface area contributed by atoms with Crippen LogP contribution in [0.4, 0.5) is 0 Å². The predicted molar refractivity (Wildman–Crippen MR) is 109 cm³/mol. The highest BCUT2D eigenvalue weighted by Gasteiger charge is 2.09. The molecular formula is C20H19ClN4O2. The summed E-state index contributed by atoms with van der Waals surface area (Å²) in [5, 5.41) is 16.9. The molecule has 0 radical (unpaired) electrons. The fourth-order valence-electron chi connectivity index (χ4n) is 3.02. The molecule has 0 saturated carbocycles. The summed E-state index contributed by atoms with van der Waals surface area (Å²) in [6.07, 6.45) is 1.40. The lowest BCUT2D eigenvalue weighted by molar-refractivity contribution is 0.510. The van der Waals surface area contributed by atoms with Gasteiger partial charge in [0, 0.05) is 34.7 Å². The molecule has 4 rings (SSSR count). The molecule has 0 aliphatic heterocycles. The Morgan fingerprint density at radius 1 is 0.704 bits per heavy atom. The molecule has 0 aliphatic rings. The molecule has 4 aromatic rings. The molecule has 27 heavy (non-hydrogen) atoms. The molecular weight excluding hydrogens is 364 g/mol. The standard InChI is InChI=1S/C20H18N4O2.ClH/c21-19(22)11-1-5-17-13(7-11)9-15(25-17)3-4-16-10-14-8-12(20(23)24)2-6-18(14)26-16;/h1-2,5-10H,3-4H2,(H3,21,22)(H3,23,24);1H. The number of hydrogen-bond donors (Lipinski definition) is 4. The first-order valence-electron chi connectivity index (χ1n) is 8.23. The lowest BCUT2D eigenvalue weighted by atomic mass is 10.1. The van der Waals surface area contributed by atoms with E-state index in [1.807, 2.05) is 36.4 Å². The number of benzene rings is 2. The van der Waals surface area contributed by atoms with Crippen molar-refractivity contribution in [3.63, 3.8) is 0 Å². The Hall–Kier alpha value is -3.25. The summed E-state index contributed by atoms with van der Waals surface area (Å²) >= 11 is 0. The van der Waals surface area contributed by atoms with Gasteiger partial charge in [0.1, 0.15) is 34.4 Å². The smallest absolute Gasteiger partial charge is 0.134 e. The van der Waals surface area contributed by atoms with Crippen molar-refractivity contribution in [3.8, 4) is 0 Å². The minimum absolute atomic E-state index is 0. The number of furan rings is 2. The number of nitrogens with two attached hydrogens (primary N) is 2. The molecule has 0 bridgehead atoms. The van der Waals surface area contributed by atoms with Crippen LogP contribution in [0.2, 0.25) is 0 Å². The van der Waals surface area contributed by atoms with Crippen LogP contribution in [0.15, 0.2) is 57.4 Å². The third kappa shape index (κ3) is 3.66. The summed E-state index contributed by atoms with van der Waals surface area (Å²) in [6.45, 7) is 0. The summed E-state index contributed by atoms with van der Waals surface area (Å²) in [4.78, 5) is 0. The molecule has 7 heteroatoms. The van der Waals surface area contributed by atoms with Crippen molar-refractivity contribution < 1.29 is 8.83 Å². The van der Waals surface area contributed by atoms with Gasteiger partial charge >= 0.3 is 0 Å². The minimum Gasteiger partial charge on any atom is -0.461 e. The molecule has 2 aromatic carbocycles. The average Bonchev–Trinajstić information content (AvgIpc) is 3.21. The van der Waals surface area contributed by atoms with Crippen molar-refractivity contribution in [2.75, 3.05) is 0 Å². The van der Waals surface area contributed by atoms with E-state index in [0.717, 1.165) is 33.5 Å². The SMILES string of the molecule is Cl.N=C(N)c1ccc2oc(CCc3cc4cc(C(=N)N)ccc4o3)cc2c1. The first-order valence-corrected chi connectivity index (χ1v) is 8.23. The van der Waals surface area contributed by atoms with Gasteiger partial charge in [-0.25, -0.2) is 0 Å². The topological polar surface area (TPSA) is 126 Å². The molecule has 0 aliphatic carbocycles. The lowest BCUT2D eigenvalue weighted by Gasteiger charge is -1.96. The van der Waals surface area contributed by atoms with Crippen LogP contribution in [0.1, 0.15) is 22.6 Å². The van der Waals surface area contributed by atoms with Crippen LogP contribution in [0.3, 0.4) is 0 Å². The van der Waals surface area contributed by atoms with E-state index in [1.165, 1.54) is 0 Å². The van der Waals surface area contributed by atoms with E-state index in [-0.39, 0.29) is 24.1 Å². The number of amidine groups is 2. The molecule has 6 nitrogen and oxygen atoms in total. The van der Waals surface area contributed by atoms with E-state index in [2.05, 4.69) is 0 Å². The van der Waals surface area contributed by atoms with Gasteiger partial charge < -0.3 is 20.3 Å². The van der Waals surface area contributed by atoms with Gasteiger partial charge in [-0.1, -0.05) is 0 Å². The van der Waals surface area contributed by atoms with Gasteiger partial charge in [0.25, 0.3) is 0 Å². The van der Waals surface area contributed by atoms with E-state index >= 15 is 0 Å². The minimum atomic E-state index is 0. The summed E-state index contributed by atoms with van der Waals surface area (Å²) in [6, 6.07) is 14.9. The highest BCUT2D eigenvalue weighted by atomic mass is 35.5. The normalized spacial score (nSPS) is 10.8. The molecule has 0 saturated heterocycles. The Bertz CT molecular complexity index is 1070. The number of hydrogen-bond acceptors (Lipinski definition) is 4. The second-order valence-corrected chi connectivity index (χ2v) is 6.26. The number of halogens is 1. The van der Waals surface area contributed by atoms with Crippen LogP contribution in [0.5, 0.6) is 0 Å². The van der Waals surface area contributed by atoms with Crippen LogP contribution < -0.4 is 11.5 Å². The van der Waals surface area contributed by atoms with Crippen molar-refractivity contribution in [1.29, 1.82) is 10.8 Å². The number of nitrogens with one attached hydrogen (secondary N) is 2. The molecule has 0 fully saturated rings. The Labute approximate surface area is 161 Å². The maximum atomic E-state index is 7.52. The fourth-order valence-corrected chi connectivity index (χ4v) is 3.02. The molecule has 0 spiro atoms. The molecule has 0 atom stereocenters. The predicted octanol–water partition coefficient (Wildman–Crippen LogP) is 3.95. The van der Waals surface area contributed by atoms with E-state index in [4.69, 9.17) is 31.1 Å². The third-order valence-electron chi connectivity index (χ3n) is 4.37. The largest absolute Gasteiger partial charge is 0.461 e. The average molecular weight is 383 g/mol. The first kappa shape index (κ1) is 18.5. The van der Waals surface area contributed by atoms with Crippen molar-refractivity contribution in [2.45, 2.75) is 12.8 Å². The zero-order chi connectivity index (χ0) is 18.3. The van der Waals surface area contributed by atoms with Crippen LogP contribution in [-0.2, 0) is 12.8 Å². The van der Waals surface area contributed by atoms with Crippen molar-refractivity contribution in [3.05, 3.63) is 71.2 Å². The van der Waals surface area contributed by atoms with Gasteiger partial charge in [-0.2, -0.15) is 0 Å². The van der Waals surface area contributed by atoms with Gasteiger partial charge in [0.2, 0.25) is 0 Å². The summed E-state index contributed by atoms with van der Waals surface area (Å²) in [5.41, 5.74) is 14.0. The zero-order valence-electron chi connectivity index (χ0n) is 14.4. The van der Waals surface area contributed by atoms with Gasteiger partial charge in [-0.15, -0.1) is 12.4 Å². The van der Waals surface area contributed by atoms with Crippen LogP contribution in [0.25, 0.3) is 21.9 Å². The number of rotatable bonds is 5. The van der Waals surface area contributed by atoms with Gasteiger partial charge in [-0.3, -0.25) is 10.8 Å². The number of fused-ring (bicyclic) bond motifs is 2. The Morgan fingerprint density at radius 2 is 1.11 bits per heavy atom. The summed E-state index contributed by atoms with van der Waals surface area (Å²) in [5.74, 6) is 1.79. The quantitative estimate of drug-likeness (QED) is 0.308. The maximum absolute atomic E-state index is 7.52. The Kier molecular flexibility index (Phi) is 4.92. The molecule has 0 amide bonds. The molecule has 0 unspecified atom stereocenters. The Morgan fingerprint density at radius 3 is 1.48 bits per heavy atom. The van der Waals surface area contributed by atoms with Crippen molar-refractivity contribution in [1.82, 2.24) is 0 Å². The van der Waals surface area contributed by atoms with E-state index in [1.54, 1.807) is 12.1 Å². The lowest BCUT2D eigenvalue weighted by Crippen LogP contribution is -2.10. The summed E-state index contributed by atoms with van der Waals surface area (Å²) in [7, 11) is 0. The number of aryl methyl sites for hydroxylation is 2. The van der Waals surface area contributed by atoms with Crippen molar-refractivity contribution in [2.24, 2.45) is 11.5 Å². The highest BCUT2D eigenvalue weighted by Crippen LogP contribution is 2.24. The van der Waals surface area contributed by atoms with E-state index < -0.39 is 0 Å². The number of nitrogen functional groups attached to an aromatic ring is 2. The summed E-state index contributed by atoms with van der Waals surface area (Å²) < 4.78 is 11.7. The van der Waals surface area contributed by atoms with Gasteiger partial charge in [-0.05, 0) is 48.5 Å². The second-order valence-electron chi connectivity index (χ2n) is 6.26. The molecule has 6 N–H and O–H groups in total. The van der Waals surface area contributed by atoms with Gasteiger partial charge in [0.15, 0.2) is 0 Å². The van der Waals surface area contributed by atoms with Gasteiger partial charge in [0.05, 0.1) is 0 Å². The molecule has 2 heterocycles. The van der Waals surface area contributed by atoms with E-state index in [0.29, 0.717) is 24.0 Å². The van der Waals surface area contributed by atoms with Crippen LogP contribution in [-0.4, -0.2) is 11.7 Å². The highest BCUT2D eigenvalue weighted by molar-refractivity contribution is 5.99. The van der Waals surface area contributed by atoms with Crippen LogP contribution in [0, 0.1) is 10.8 Å². The van der Waals surface area contributed by atoms with E-state index in [9.17, 15) is 0 Å². The first-order chi connectivity index (χ1) is 12.5. The van der Waals surface area contributed by atoms with Crippen LogP contribution >= 0.6 is 12.4 Å². The molecule has 138 valence electrons. The monoisotopic (exact) mass is 382 g/mol. The zero-order valence-corrected chi connectivity index (χ0v) is 15.2. The fraction of sp³-hybridized carbons (Fsp3) is 0.100. The second kappa shape index (κ2) is 7.17. The Balaban J connectivity index is 0.00000210.